The lowest BCUT2D eigenvalue weighted by molar-refractivity contribution is -0.114. The van der Waals surface area contributed by atoms with Crippen molar-refractivity contribution in [2.24, 2.45) is 0 Å². The third kappa shape index (κ3) is 3.95. The molecule has 4 nitrogen and oxygen atoms in total. The first-order chi connectivity index (χ1) is 9.95. The molecule has 2 aromatic rings. The van der Waals surface area contributed by atoms with E-state index in [1.165, 1.54) is 13.0 Å². The fourth-order valence-electron chi connectivity index (χ4n) is 2.00. The quantitative estimate of drug-likeness (QED) is 0.804. The average molecular weight is 288 g/mol. The second-order valence-corrected chi connectivity index (χ2v) is 4.83. The van der Waals surface area contributed by atoms with Gasteiger partial charge < -0.3 is 15.7 Å². The molecule has 2 aromatic carbocycles. The van der Waals surface area contributed by atoms with Crippen molar-refractivity contribution in [2.45, 2.75) is 19.9 Å². The zero-order valence-corrected chi connectivity index (χ0v) is 11.9. The molecule has 0 fully saturated rings. The van der Waals surface area contributed by atoms with Crippen molar-refractivity contribution >= 4 is 17.3 Å². The van der Waals surface area contributed by atoms with Crippen molar-refractivity contribution in [1.82, 2.24) is 0 Å². The van der Waals surface area contributed by atoms with E-state index in [2.05, 4.69) is 10.6 Å². The van der Waals surface area contributed by atoms with Crippen LogP contribution in [0.3, 0.4) is 0 Å². The van der Waals surface area contributed by atoms with Crippen LogP contribution in [0.25, 0.3) is 0 Å². The number of nitrogens with one attached hydrogen (secondary N) is 2. The Kier molecular flexibility index (Phi) is 4.42. The minimum atomic E-state index is -0.479. The number of rotatable bonds is 4. The minimum absolute atomic E-state index is 0.0266. The average Bonchev–Trinajstić information content (AvgIpc) is 2.42. The highest BCUT2D eigenvalue weighted by Crippen LogP contribution is 2.24. The van der Waals surface area contributed by atoms with E-state index in [9.17, 15) is 14.3 Å². The molecule has 0 aliphatic heterocycles. The summed E-state index contributed by atoms with van der Waals surface area (Å²) in [7, 11) is 0. The van der Waals surface area contributed by atoms with Crippen molar-refractivity contribution in [2.75, 3.05) is 10.6 Å². The normalized spacial score (nSPS) is 11.8. The monoisotopic (exact) mass is 288 g/mol. The van der Waals surface area contributed by atoms with Crippen LogP contribution in [0.5, 0.6) is 5.75 Å². The summed E-state index contributed by atoms with van der Waals surface area (Å²) in [6.07, 6.45) is 0. The van der Waals surface area contributed by atoms with Crippen LogP contribution >= 0.6 is 0 Å². The Morgan fingerprint density at radius 2 is 1.86 bits per heavy atom. The van der Waals surface area contributed by atoms with Crippen molar-refractivity contribution in [3.05, 3.63) is 53.8 Å². The van der Waals surface area contributed by atoms with Gasteiger partial charge in [-0.2, -0.15) is 0 Å². The molecule has 0 aromatic heterocycles. The number of halogens is 1. The summed E-state index contributed by atoms with van der Waals surface area (Å²) in [5, 5.41) is 14.9. The number of anilines is 2. The molecule has 1 unspecified atom stereocenters. The highest BCUT2D eigenvalue weighted by atomic mass is 19.1. The summed E-state index contributed by atoms with van der Waals surface area (Å²) < 4.78 is 13.6. The van der Waals surface area contributed by atoms with E-state index in [-0.39, 0.29) is 23.4 Å². The Morgan fingerprint density at radius 3 is 2.48 bits per heavy atom. The molecule has 21 heavy (non-hydrogen) atoms. The third-order valence-electron chi connectivity index (χ3n) is 3.05. The maximum atomic E-state index is 13.6. The van der Waals surface area contributed by atoms with Gasteiger partial charge in [0.2, 0.25) is 5.91 Å². The first-order valence-electron chi connectivity index (χ1n) is 6.58. The number of benzene rings is 2. The fourth-order valence-corrected chi connectivity index (χ4v) is 2.00. The van der Waals surface area contributed by atoms with Gasteiger partial charge in [0.1, 0.15) is 11.6 Å². The number of amides is 1. The molecule has 0 radical (unpaired) electrons. The highest BCUT2D eigenvalue weighted by Gasteiger charge is 2.09. The van der Waals surface area contributed by atoms with E-state index >= 15 is 0 Å². The molecule has 0 saturated carbocycles. The predicted octanol–water partition coefficient (Wildman–Crippen LogP) is 3.66. The topological polar surface area (TPSA) is 61.4 Å². The zero-order chi connectivity index (χ0) is 15.4. The van der Waals surface area contributed by atoms with Gasteiger partial charge in [0.25, 0.3) is 0 Å². The molecule has 2 rings (SSSR count). The van der Waals surface area contributed by atoms with Crippen LogP contribution < -0.4 is 10.6 Å². The van der Waals surface area contributed by atoms with Gasteiger partial charge in [-0.1, -0.05) is 12.1 Å². The summed E-state index contributed by atoms with van der Waals surface area (Å²) in [6.45, 7) is 3.28. The van der Waals surface area contributed by atoms with Gasteiger partial charge in [-0.3, -0.25) is 4.79 Å². The summed E-state index contributed by atoms with van der Waals surface area (Å²) in [4.78, 5) is 11.0. The van der Waals surface area contributed by atoms with Crippen LogP contribution in [0, 0.1) is 5.82 Å². The van der Waals surface area contributed by atoms with Gasteiger partial charge in [-0.05, 0) is 42.8 Å². The van der Waals surface area contributed by atoms with Crippen LogP contribution in [0.15, 0.2) is 42.5 Å². The molecule has 0 heterocycles. The molecule has 0 saturated heterocycles. The summed E-state index contributed by atoms with van der Waals surface area (Å²) in [5.74, 6) is -0.591. The lowest BCUT2D eigenvalue weighted by Crippen LogP contribution is -2.10. The van der Waals surface area contributed by atoms with Crippen LogP contribution in [0.1, 0.15) is 25.5 Å². The molecule has 1 atom stereocenters. The fraction of sp³-hybridized carbons (Fsp3) is 0.188. The Labute approximate surface area is 122 Å². The Bertz CT molecular complexity index is 641. The van der Waals surface area contributed by atoms with Gasteiger partial charge in [-0.15, -0.1) is 0 Å². The van der Waals surface area contributed by atoms with Gasteiger partial charge >= 0.3 is 0 Å². The maximum Gasteiger partial charge on any atom is 0.221 e. The minimum Gasteiger partial charge on any atom is -0.508 e. The van der Waals surface area contributed by atoms with Gasteiger partial charge in [0.15, 0.2) is 0 Å². The number of phenols is 1. The summed E-state index contributed by atoms with van der Waals surface area (Å²) in [5.41, 5.74) is 1.82. The highest BCUT2D eigenvalue weighted by molar-refractivity contribution is 5.89. The number of carbonyl (C=O) groups excluding carboxylic acids is 1. The lowest BCUT2D eigenvalue weighted by Gasteiger charge is -2.17. The largest absolute Gasteiger partial charge is 0.508 e. The van der Waals surface area contributed by atoms with E-state index in [1.807, 2.05) is 19.1 Å². The molecular formula is C16H17FN2O2. The van der Waals surface area contributed by atoms with Gasteiger partial charge in [0.05, 0.1) is 5.69 Å². The number of phenolic OH excluding ortho intramolecular Hbond substituents is 1. The SMILES string of the molecule is CC(=O)Nc1cc(NC(C)c2ccc(O)cc2)ccc1F. The van der Waals surface area contributed by atoms with E-state index in [1.54, 1.807) is 24.3 Å². The van der Waals surface area contributed by atoms with E-state index < -0.39 is 5.82 Å². The van der Waals surface area contributed by atoms with E-state index in [4.69, 9.17) is 0 Å². The van der Waals surface area contributed by atoms with Crippen molar-refractivity contribution in [3.63, 3.8) is 0 Å². The zero-order valence-electron chi connectivity index (χ0n) is 11.9. The first kappa shape index (κ1) is 14.8. The number of aromatic hydroxyl groups is 1. The molecule has 0 aliphatic carbocycles. The smallest absolute Gasteiger partial charge is 0.221 e. The molecular weight excluding hydrogens is 271 g/mol. The van der Waals surface area contributed by atoms with Gasteiger partial charge in [0, 0.05) is 18.7 Å². The first-order valence-corrected chi connectivity index (χ1v) is 6.58. The van der Waals surface area contributed by atoms with Crippen LogP contribution in [-0.4, -0.2) is 11.0 Å². The molecule has 0 aliphatic rings. The number of hydrogen-bond acceptors (Lipinski definition) is 3. The number of carbonyl (C=O) groups is 1. The molecule has 3 N–H and O–H groups in total. The molecule has 5 heteroatoms. The predicted molar refractivity (Wildman–Crippen MR) is 80.8 cm³/mol. The van der Waals surface area contributed by atoms with Crippen molar-refractivity contribution in [1.29, 1.82) is 0 Å². The molecule has 110 valence electrons. The second-order valence-electron chi connectivity index (χ2n) is 4.83. The number of hydrogen-bond donors (Lipinski definition) is 3. The summed E-state index contributed by atoms with van der Waals surface area (Å²) >= 11 is 0. The van der Waals surface area contributed by atoms with Gasteiger partial charge in [-0.25, -0.2) is 4.39 Å². The van der Waals surface area contributed by atoms with Crippen molar-refractivity contribution in [3.8, 4) is 5.75 Å². The van der Waals surface area contributed by atoms with E-state index in [0.717, 1.165) is 5.56 Å². The standard InChI is InChI=1S/C16H17FN2O2/c1-10(12-3-6-14(21)7-4-12)18-13-5-8-15(17)16(9-13)19-11(2)20/h3-10,18,21H,1-2H3,(H,19,20). The maximum absolute atomic E-state index is 13.6. The van der Waals surface area contributed by atoms with Crippen molar-refractivity contribution < 1.29 is 14.3 Å². The Balaban J connectivity index is 2.15. The van der Waals surface area contributed by atoms with Crippen LogP contribution in [-0.2, 0) is 4.79 Å². The van der Waals surface area contributed by atoms with Crippen LogP contribution in [0.4, 0.5) is 15.8 Å². The van der Waals surface area contributed by atoms with Crippen LogP contribution in [0.2, 0.25) is 0 Å². The van der Waals surface area contributed by atoms with E-state index in [0.29, 0.717) is 5.69 Å². The molecule has 0 spiro atoms. The Hall–Kier alpha value is -2.56. The third-order valence-corrected chi connectivity index (χ3v) is 3.05. The Morgan fingerprint density at radius 1 is 1.19 bits per heavy atom. The molecule has 1 amide bonds. The molecule has 0 bridgehead atoms. The lowest BCUT2D eigenvalue weighted by atomic mass is 10.1. The second kappa shape index (κ2) is 6.26. The summed E-state index contributed by atoms with van der Waals surface area (Å²) in [6, 6.07) is 11.3.